The number of urea groups is 1. The average Bonchev–Trinajstić information content (AvgIpc) is 3.18. The first-order chi connectivity index (χ1) is 14.0. The largest absolute Gasteiger partial charge is 0.352 e. The monoisotopic (exact) mass is 392 g/mol. The van der Waals surface area contributed by atoms with E-state index in [0.29, 0.717) is 5.69 Å². The first kappa shape index (κ1) is 19.6. The van der Waals surface area contributed by atoms with E-state index >= 15 is 0 Å². The second-order valence-electron chi connectivity index (χ2n) is 6.21. The van der Waals surface area contributed by atoms with Crippen LogP contribution in [0.1, 0.15) is 17.3 Å². The van der Waals surface area contributed by atoms with Crippen molar-refractivity contribution in [2.45, 2.75) is 13.0 Å². The molecule has 2 aromatic carbocycles. The van der Waals surface area contributed by atoms with Crippen molar-refractivity contribution in [1.29, 1.82) is 0 Å². The maximum absolute atomic E-state index is 12.7. The summed E-state index contributed by atoms with van der Waals surface area (Å²) < 4.78 is 1.59. The minimum Gasteiger partial charge on any atom is -0.352 e. The Kier molecular flexibility index (Phi) is 5.88. The van der Waals surface area contributed by atoms with Gasteiger partial charge in [-0.3, -0.25) is 20.4 Å². The first-order valence-corrected chi connectivity index (χ1v) is 8.82. The van der Waals surface area contributed by atoms with Crippen LogP contribution in [0.15, 0.2) is 66.9 Å². The van der Waals surface area contributed by atoms with Crippen molar-refractivity contribution in [3.63, 3.8) is 0 Å². The van der Waals surface area contributed by atoms with Gasteiger partial charge in [0.25, 0.3) is 11.8 Å². The Labute approximate surface area is 166 Å². The Balaban J connectivity index is 1.85. The van der Waals surface area contributed by atoms with Crippen molar-refractivity contribution in [2.24, 2.45) is 5.73 Å². The number of hydrazine groups is 1. The molecule has 1 atom stereocenters. The van der Waals surface area contributed by atoms with E-state index in [9.17, 15) is 14.4 Å². The highest BCUT2D eigenvalue weighted by Gasteiger charge is 2.20. The summed E-state index contributed by atoms with van der Waals surface area (Å²) in [5.74, 6) is -1.17. The van der Waals surface area contributed by atoms with Gasteiger partial charge in [0.2, 0.25) is 0 Å². The zero-order chi connectivity index (χ0) is 20.8. The summed E-state index contributed by atoms with van der Waals surface area (Å²) in [7, 11) is 0. The van der Waals surface area contributed by atoms with Crippen LogP contribution in [0.2, 0.25) is 0 Å². The van der Waals surface area contributed by atoms with E-state index in [0.717, 1.165) is 11.3 Å². The summed E-state index contributed by atoms with van der Waals surface area (Å²) in [4.78, 5) is 35.6. The Bertz CT molecular complexity index is 1020. The standard InChI is InChI=1S/C20H20N6O3/c1-13(22-20(21)29)18(27)23-24-19(28)16-12-26(15-10-6-3-7-11-15)25-17(16)14-8-4-2-5-9-14/h2-13H,1H3,(H,23,27)(H,24,28)(H3,21,22,29). The predicted octanol–water partition coefficient (Wildman–Crippen LogP) is 1.36. The molecule has 9 heteroatoms. The quantitative estimate of drug-likeness (QED) is 0.488. The van der Waals surface area contributed by atoms with Crippen LogP contribution in [0.3, 0.4) is 0 Å². The minimum absolute atomic E-state index is 0.274. The molecular formula is C20H20N6O3. The van der Waals surface area contributed by atoms with Crippen molar-refractivity contribution >= 4 is 17.8 Å². The van der Waals surface area contributed by atoms with Crippen molar-refractivity contribution in [3.8, 4) is 16.9 Å². The molecule has 1 unspecified atom stereocenters. The Morgan fingerprint density at radius 3 is 2.21 bits per heavy atom. The molecule has 4 amide bonds. The van der Waals surface area contributed by atoms with E-state index in [1.54, 1.807) is 10.9 Å². The molecule has 9 nitrogen and oxygen atoms in total. The van der Waals surface area contributed by atoms with Gasteiger partial charge in [0, 0.05) is 11.8 Å². The molecule has 0 aliphatic carbocycles. The number of nitrogens with zero attached hydrogens (tertiary/aromatic N) is 2. The lowest BCUT2D eigenvalue weighted by Crippen LogP contribution is -2.52. The molecule has 5 N–H and O–H groups in total. The number of nitrogens with two attached hydrogens (primary N) is 1. The van der Waals surface area contributed by atoms with Crippen LogP contribution >= 0.6 is 0 Å². The van der Waals surface area contributed by atoms with E-state index in [1.165, 1.54) is 6.92 Å². The summed E-state index contributed by atoms with van der Waals surface area (Å²) in [5.41, 5.74) is 11.9. The van der Waals surface area contributed by atoms with Gasteiger partial charge in [0.15, 0.2) is 0 Å². The van der Waals surface area contributed by atoms with E-state index in [2.05, 4.69) is 21.3 Å². The topological polar surface area (TPSA) is 131 Å². The lowest BCUT2D eigenvalue weighted by molar-refractivity contribution is -0.123. The predicted molar refractivity (Wildman–Crippen MR) is 107 cm³/mol. The number of carbonyl (C=O) groups is 3. The maximum Gasteiger partial charge on any atom is 0.312 e. The van der Waals surface area contributed by atoms with Crippen molar-refractivity contribution < 1.29 is 14.4 Å². The third-order valence-corrected chi connectivity index (χ3v) is 4.08. The molecular weight excluding hydrogens is 372 g/mol. The second kappa shape index (κ2) is 8.70. The van der Waals surface area contributed by atoms with Crippen LogP contribution in [-0.4, -0.2) is 33.7 Å². The highest BCUT2D eigenvalue weighted by atomic mass is 16.2. The zero-order valence-electron chi connectivity index (χ0n) is 15.6. The van der Waals surface area contributed by atoms with E-state index in [1.807, 2.05) is 60.7 Å². The SMILES string of the molecule is CC(NC(N)=O)C(=O)NNC(=O)c1cn(-c2ccccc2)nc1-c1ccccc1. The number of benzene rings is 2. The number of hydrogen-bond acceptors (Lipinski definition) is 4. The fraction of sp³-hybridized carbons (Fsp3) is 0.100. The van der Waals surface area contributed by atoms with Crippen LogP contribution < -0.4 is 21.9 Å². The molecule has 148 valence electrons. The lowest BCUT2D eigenvalue weighted by Gasteiger charge is -2.13. The normalized spacial score (nSPS) is 11.3. The van der Waals surface area contributed by atoms with Gasteiger partial charge in [0.05, 0.1) is 11.3 Å². The van der Waals surface area contributed by atoms with Crippen molar-refractivity contribution in [2.75, 3.05) is 0 Å². The minimum atomic E-state index is -0.909. The number of aromatic nitrogens is 2. The van der Waals surface area contributed by atoms with Gasteiger partial charge >= 0.3 is 6.03 Å². The van der Waals surface area contributed by atoms with Gasteiger partial charge in [-0.1, -0.05) is 48.5 Å². The van der Waals surface area contributed by atoms with Gasteiger partial charge in [0.1, 0.15) is 11.7 Å². The van der Waals surface area contributed by atoms with Crippen LogP contribution in [0.4, 0.5) is 4.79 Å². The molecule has 0 radical (unpaired) electrons. The van der Waals surface area contributed by atoms with Crippen molar-refractivity contribution in [3.05, 3.63) is 72.4 Å². The molecule has 0 aliphatic rings. The maximum atomic E-state index is 12.7. The summed E-state index contributed by atoms with van der Waals surface area (Å²) in [5, 5.41) is 6.77. The molecule has 0 saturated carbocycles. The summed E-state index contributed by atoms with van der Waals surface area (Å²) in [6.07, 6.45) is 1.59. The number of nitrogens with one attached hydrogen (secondary N) is 3. The molecule has 0 aliphatic heterocycles. The zero-order valence-corrected chi connectivity index (χ0v) is 15.6. The Hall–Kier alpha value is -4.14. The number of hydrogen-bond donors (Lipinski definition) is 4. The fourth-order valence-electron chi connectivity index (χ4n) is 2.64. The first-order valence-electron chi connectivity index (χ1n) is 8.82. The summed E-state index contributed by atoms with van der Waals surface area (Å²) >= 11 is 0. The number of carbonyl (C=O) groups excluding carboxylic acids is 3. The molecule has 0 bridgehead atoms. The number of primary amides is 1. The Morgan fingerprint density at radius 2 is 1.59 bits per heavy atom. The molecule has 1 heterocycles. The summed E-state index contributed by atoms with van der Waals surface area (Å²) in [6, 6.07) is 16.8. The number of rotatable bonds is 5. The summed E-state index contributed by atoms with van der Waals surface area (Å²) in [6.45, 7) is 1.44. The fourth-order valence-corrected chi connectivity index (χ4v) is 2.64. The van der Waals surface area contributed by atoms with Crippen molar-refractivity contribution in [1.82, 2.24) is 25.9 Å². The van der Waals surface area contributed by atoms with Gasteiger partial charge in [-0.15, -0.1) is 0 Å². The third-order valence-electron chi connectivity index (χ3n) is 4.08. The Morgan fingerprint density at radius 1 is 0.966 bits per heavy atom. The molecule has 3 rings (SSSR count). The number of para-hydroxylation sites is 1. The molecule has 29 heavy (non-hydrogen) atoms. The van der Waals surface area contributed by atoms with Gasteiger partial charge < -0.3 is 11.1 Å². The highest BCUT2D eigenvalue weighted by molar-refractivity contribution is 6.01. The third kappa shape index (κ3) is 4.78. The lowest BCUT2D eigenvalue weighted by atomic mass is 10.1. The van der Waals surface area contributed by atoms with Gasteiger partial charge in [-0.05, 0) is 19.1 Å². The van der Waals surface area contributed by atoms with E-state index in [-0.39, 0.29) is 5.56 Å². The van der Waals surface area contributed by atoms with Crippen LogP contribution in [0.5, 0.6) is 0 Å². The second-order valence-corrected chi connectivity index (χ2v) is 6.21. The van der Waals surface area contributed by atoms with Crippen LogP contribution in [0.25, 0.3) is 16.9 Å². The van der Waals surface area contributed by atoms with E-state index < -0.39 is 23.9 Å². The van der Waals surface area contributed by atoms with Gasteiger partial charge in [-0.25, -0.2) is 9.48 Å². The smallest absolute Gasteiger partial charge is 0.312 e. The van der Waals surface area contributed by atoms with Crippen LogP contribution in [-0.2, 0) is 4.79 Å². The molecule has 1 aromatic heterocycles. The van der Waals surface area contributed by atoms with Crippen LogP contribution in [0, 0.1) is 0 Å². The average molecular weight is 392 g/mol. The molecule has 3 aromatic rings. The highest BCUT2D eigenvalue weighted by Crippen LogP contribution is 2.23. The number of amides is 4. The van der Waals surface area contributed by atoms with Gasteiger partial charge in [-0.2, -0.15) is 5.10 Å². The molecule has 0 spiro atoms. The molecule has 0 fully saturated rings. The molecule has 0 saturated heterocycles. The van der Waals surface area contributed by atoms with E-state index in [4.69, 9.17) is 5.73 Å².